The maximum Gasteiger partial charge on any atom is 0.258 e. The van der Waals surface area contributed by atoms with Crippen LogP contribution in [-0.2, 0) is 32.6 Å². The van der Waals surface area contributed by atoms with E-state index in [9.17, 15) is 13.2 Å². The summed E-state index contributed by atoms with van der Waals surface area (Å²) in [4.78, 5) is 14.2. The fourth-order valence-electron chi connectivity index (χ4n) is 3.51. The molecule has 1 fully saturated rings. The highest BCUT2D eigenvalue weighted by atomic mass is 35.5. The zero-order valence-electron chi connectivity index (χ0n) is 19.5. The second-order valence-corrected chi connectivity index (χ2v) is 9.85. The summed E-state index contributed by atoms with van der Waals surface area (Å²) in [5.41, 5.74) is 3.35. The van der Waals surface area contributed by atoms with Gasteiger partial charge in [0.05, 0.1) is 31.3 Å². The summed E-state index contributed by atoms with van der Waals surface area (Å²) < 4.78 is 38.5. The molecule has 9 nitrogen and oxygen atoms in total. The van der Waals surface area contributed by atoms with Crippen molar-refractivity contribution in [3.8, 4) is 5.75 Å². The number of rotatable bonds is 12. The third-order valence-electron chi connectivity index (χ3n) is 5.39. The molecule has 0 aliphatic carbocycles. The average molecular weight is 526 g/mol. The van der Waals surface area contributed by atoms with Gasteiger partial charge in [-0.15, -0.1) is 19.0 Å². The minimum absolute atomic E-state index is 0. The topological polar surface area (TPSA) is 108 Å². The Balaban J connectivity index is 0.00000432. The van der Waals surface area contributed by atoms with Gasteiger partial charge in [-0.05, 0) is 41.8 Å². The van der Waals surface area contributed by atoms with E-state index in [1.807, 2.05) is 24.3 Å². The molecule has 1 heterocycles. The second kappa shape index (κ2) is 14.2. The summed E-state index contributed by atoms with van der Waals surface area (Å²) >= 11 is 0. The lowest BCUT2D eigenvalue weighted by Crippen LogP contribution is -2.39. The van der Waals surface area contributed by atoms with Gasteiger partial charge in [0.15, 0.2) is 0 Å². The largest absolute Gasteiger partial charge is 0.493 e. The molecule has 0 bridgehead atoms. The van der Waals surface area contributed by atoms with Gasteiger partial charge in [0, 0.05) is 26.2 Å². The first-order valence-electron chi connectivity index (χ1n) is 11.1. The Kier molecular flexibility index (Phi) is 11.7. The van der Waals surface area contributed by atoms with Gasteiger partial charge in [0.25, 0.3) is 5.91 Å². The molecule has 3 rings (SSSR count). The van der Waals surface area contributed by atoms with Crippen molar-refractivity contribution in [3.63, 3.8) is 0 Å². The van der Waals surface area contributed by atoms with Crippen LogP contribution in [0.15, 0.2) is 66.1 Å². The lowest BCUT2D eigenvalue weighted by molar-refractivity contribution is -0.129. The number of hydroxylamine groups is 1. The van der Waals surface area contributed by atoms with Crippen molar-refractivity contribution >= 4 is 28.3 Å². The minimum Gasteiger partial charge on any atom is -0.493 e. The molecule has 0 saturated carbocycles. The molecule has 0 atom stereocenters. The fraction of sp³-hybridized carbons (Fsp3) is 0.375. The van der Waals surface area contributed by atoms with Crippen LogP contribution in [0, 0.1) is 0 Å². The van der Waals surface area contributed by atoms with E-state index >= 15 is 0 Å². The highest BCUT2D eigenvalue weighted by molar-refractivity contribution is 7.89. The number of halogens is 1. The fourth-order valence-corrected chi connectivity index (χ4v) is 4.89. The number of nitrogens with one attached hydrogen (secondary N) is 1. The Morgan fingerprint density at radius 2 is 1.74 bits per heavy atom. The lowest BCUT2D eigenvalue weighted by atomic mass is 10.1. The molecule has 1 aliphatic heterocycles. The van der Waals surface area contributed by atoms with Gasteiger partial charge >= 0.3 is 0 Å². The molecule has 2 aromatic carbocycles. The van der Waals surface area contributed by atoms with E-state index in [1.165, 1.54) is 17.6 Å². The van der Waals surface area contributed by atoms with Crippen LogP contribution in [0.5, 0.6) is 5.75 Å². The predicted molar refractivity (Wildman–Crippen MR) is 134 cm³/mol. The Morgan fingerprint density at radius 3 is 2.34 bits per heavy atom. The third-order valence-corrected chi connectivity index (χ3v) is 7.19. The first-order valence-corrected chi connectivity index (χ1v) is 12.5. The standard InChI is InChI=1S/C24H31N3O6S.ClH/c1-2-3-14-33-22-8-10-23(11-9-22)34(30,31)27(19-24(28)25-29)18-21-6-4-20(5-7-21)17-26-12-15-32-16-13-26;/h2,4-11,29H,1,3,12-19H2,(H,25,28);1H. The molecule has 2 aromatic rings. The zero-order valence-corrected chi connectivity index (χ0v) is 21.1. The van der Waals surface area contributed by atoms with Gasteiger partial charge < -0.3 is 9.47 Å². The second-order valence-electron chi connectivity index (χ2n) is 7.91. The molecule has 0 spiro atoms. The minimum atomic E-state index is -4.01. The van der Waals surface area contributed by atoms with E-state index in [2.05, 4.69) is 11.5 Å². The molecule has 1 amide bonds. The third kappa shape index (κ3) is 8.60. The Labute approximate surface area is 212 Å². The van der Waals surface area contributed by atoms with E-state index in [0.717, 1.165) is 48.3 Å². The number of hydrogen-bond donors (Lipinski definition) is 2. The number of carbonyl (C=O) groups excluding carboxylic acids is 1. The highest BCUT2D eigenvalue weighted by Gasteiger charge is 2.27. The van der Waals surface area contributed by atoms with Crippen molar-refractivity contribution in [1.29, 1.82) is 0 Å². The van der Waals surface area contributed by atoms with Crippen LogP contribution >= 0.6 is 12.4 Å². The number of morpholine rings is 1. The van der Waals surface area contributed by atoms with Crippen molar-refractivity contribution in [2.45, 2.75) is 24.4 Å². The van der Waals surface area contributed by atoms with Crippen LogP contribution in [0.25, 0.3) is 0 Å². The normalized spacial score (nSPS) is 14.2. The molecule has 2 N–H and O–H groups in total. The Morgan fingerprint density at radius 1 is 1.11 bits per heavy atom. The maximum absolute atomic E-state index is 13.3. The monoisotopic (exact) mass is 525 g/mol. The number of carbonyl (C=O) groups is 1. The van der Waals surface area contributed by atoms with Crippen LogP contribution in [-0.4, -0.2) is 68.2 Å². The molecule has 0 unspecified atom stereocenters. The van der Waals surface area contributed by atoms with Gasteiger partial charge in [0.1, 0.15) is 5.75 Å². The van der Waals surface area contributed by atoms with E-state index in [-0.39, 0.29) is 23.8 Å². The van der Waals surface area contributed by atoms with Crippen LogP contribution in [0.1, 0.15) is 17.5 Å². The number of benzene rings is 2. The van der Waals surface area contributed by atoms with E-state index in [1.54, 1.807) is 18.2 Å². The van der Waals surface area contributed by atoms with Crippen molar-refractivity contribution in [3.05, 3.63) is 72.3 Å². The smallest absolute Gasteiger partial charge is 0.258 e. The molecule has 11 heteroatoms. The predicted octanol–water partition coefficient (Wildman–Crippen LogP) is 2.59. The zero-order chi connectivity index (χ0) is 24.4. The number of nitrogens with zero attached hydrogens (tertiary/aromatic N) is 2. The first kappa shape index (κ1) is 28.8. The van der Waals surface area contributed by atoms with Crippen LogP contribution in [0.3, 0.4) is 0 Å². The highest BCUT2D eigenvalue weighted by Crippen LogP contribution is 2.22. The van der Waals surface area contributed by atoms with Gasteiger partial charge in [-0.1, -0.05) is 30.3 Å². The number of amides is 1. The van der Waals surface area contributed by atoms with Gasteiger partial charge in [-0.25, -0.2) is 13.9 Å². The molecule has 192 valence electrons. The number of ether oxygens (including phenoxy) is 2. The number of hydrogen-bond acceptors (Lipinski definition) is 7. The Bertz CT molecular complexity index is 1040. The summed E-state index contributed by atoms with van der Waals surface area (Å²) in [6.45, 7) is 7.52. The van der Waals surface area contributed by atoms with E-state index in [0.29, 0.717) is 18.8 Å². The average Bonchev–Trinajstić information content (AvgIpc) is 2.86. The molecule has 0 radical (unpaired) electrons. The van der Waals surface area contributed by atoms with Crippen LogP contribution < -0.4 is 10.2 Å². The number of sulfonamides is 1. The van der Waals surface area contributed by atoms with Gasteiger partial charge in [-0.3, -0.25) is 14.9 Å². The molecular formula is C24H32ClN3O6S. The van der Waals surface area contributed by atoms with Crippen molar-refractivity contribution < 1.29 is 27.9 Å². The molecular weight excluding hydrogens is 494 g/mol. The van der Waals surface area contributed by atoms with Gasteiger partial charge in [0.2, 0.25) is 10.0 Å². The first-order chi connectivity index (χ1) is 16.4. The SMILES string of the molecule is C=CCCOc1ccc(S(=O)(=O)N(CC(=O)NO)Cc2ccc(CN3CCOCC3)cc2)cc1.Cl. The summed E-state index contributed by atoms with van der Waals surface area (Å²) in [5, 5.41) is 8.96. The Hall–Kier alpha value is -2.47. The van der Waals surface area contributed by atoms with Crippen molar-refractivity contribution in [2.24, 2.45) is 0 Å². The summed E-state index contributed by atoms with van der Waals surface area (Å²) in [7, 11) is -4.01. The van der Waals surface area contributed by atoms with Crippen LogP contribution in [0.4, 0.5) is 0 Å². The van der Waals surface area contributed by atoms with Crippen molar-refractivity contribution in [2.75, 3.05) is 39.5 Å². The molecule has 1 saturated heterocycles. The van der Waals surface area contributed by atoms with Crippen molar-refractivity contribution in [1.82, 2.24) is 14.7 Å². The van der Waals surface area contributed by atoms with Crippen LogP contribution in [0.2, 0.25) is 0 Å². The lowest BCUT2D eigenvalue weighted by Gasteiger charge is -2.26. The summed E-state index contributed by atoms with van der Waals surface area (Å²) in [6, 6.07) is 13.6. The quantitative estimate of drug-likeness (QED) is 0.190. The van der Waals surface area contributed by atoms with Gasteiger partial charge in [-0.2, -0.15) is 4.31 Å². The summed E-state index contributed by atoms with van der Waals surface area (Å²) in [6.07, 6.45) is 2.41. The summed E-state index contributed by atoms with van der Waals surface area (Å²) in [5.74, 6) is -0.284. The molecule has 1 aliphatic rings. The molecule has 0 aromatic heterocycles. The van der Waals surface area contributed by atoms with E-state index in [4.69, 9.17) is 14.7 Å². The maximum atomic E-state index is 13.3. The molecule has 35 heavy (non-hydrogen) atoms. The van der Waals surface area contributed by atoms with E-state index < -0.39 is 22.5 Å².